The third kappa shape index (κ3) is 2.78. The van der Waals surface area contributed by atoms with E-state index in [-0.39, 0.29) is 11.6 Å². The second kappa shape index (κ2) is 5.56. The number of thiophene rings is 1. The largest absolute Gasteiger partial charge is 0.348 e. The zero-order chi connectivity index (χ0) is 14.9. The van der Waals surface area contributed by atoms with Gasteiger partial charge in [-0.25, -0.2) is 10.6 Å². The number of amides is 1. The Bertz CT molecular complexity index is 718. The minimum atomic E-state index is -0.324. The first-order chi connectivity index (χ1) is 9.42. The summed E-state index contributed by atoms with van der Waals surface area (Å²) in [7, 11) is 0. The zero-order valence-corrected chi connectivity index (χ0v) is 12.4. The number of aromatic nitrogens is 2. The smallest absolute Gasteiger partial charge is 0.292 e. The Hall–Kier alpha value is -1.99. The minimum absolute atomic E-state index is 0.280. The highest BCUT2D eigenvalue weighted by molar-refractivity contribution is 7.14. The van der Waals surface area contributed by atoms with E-state index in [1.54, 1.807) is 17.6 Å². The Balaban J connectivity index is 2.38. The van der Waals surface area contributed by atoms with Crippen LogP contribution in [0.5, 0.6) is 0 Å². The SMILES string of the molecule is Cc1cc(C)n(Cc2cc(C(=O)NN)sc2C)c(=O)n1. The summed E-state index contributed by atoms with van der Waals surface area (Å²) in [6, 6.07) is 3.62. The van der Waals surface area contributed by atoms with E-state index in [1.165, 1.54) is 11.3 Å². The number of nitrogens with zero attached hydrogens (tertiary/aromatic N) is 2. The summed E-state index contributed by atoms with van der Waals surface area (Å²) in [4.78, 5) is 28.9. The molecule has 0 radical (unpaired) electrons. The molecule has 0 aromatic carbocycles. The monoisotopic (exact) mass is 292 g/mol. The molecule has 0 saturated heterocycles. The molecule has 0 aliphatic heterocycles. The Morgan fingerprint density at radius 2 is 2.10 bits per heavy atom. The van der Waals surface area contributed by atoms with E-state index in [0.29, 0.717) is 17.1 Å². The normalized spacial score (nSPS) is 10.6. The Kier molecular flexibility index (Phi) is 4.01. The average molecular weight is 292 g/mol. The zero-order valence-electron chi connectivity index (χ0n) is 11.6. The molecular weight excluding hydrogens is 276 g/mol. The lowest BCUT2D eigenvalue weighted by Crippen LogP contribution is -2.29. The molecule has 6 nitrogen and oxygen atoms in total. The van der Waals surface area contributed by atoms with Crippen LogP contribution in [0, 0.1) is 20.8 Å². The highest BCUT2D eigenvalue weighted by Gasteiger charge is 2.13. The van der Waals surface area contributed by atoms with Gasteiger partial charge >= 0.3 is 5.69 Å². The number of carbonyl (C=O) groups is 1. The lowest BCUT2D eigenvalue weighted by atomic mass is 10.2. The summed E-state index contributed by atoms with van der Waals surface area (Å²) in [5.74, 6) is 4.80. The Labute approximate surface area is 120 Å². The maximum atomic E-state index is 11.9. The van der Waals surface area contributed by atoms with Crippen molar-refractivity contribution >= 4 is 17.2 Å². The van der Waals surface area contributed by atoms with Gasteiger partial charge in [0.15, 0.2) is 0 Å². The number of hydrogen-bond donors (Lipinski definition) is 2. The average Bonchev–Trinajstić information content (AvgIpc) is 2.74. The van der Waals surface area contributed by atoms with Crippen LogP contribution in [0.4, 0.5) is 0 Å². The standard InChI is InChI=1S/C13H16N4O2S/c1-7-4-8(2)17(13(19)15-7)6-10-5-11(12(18)16-14)20-9(10)3/h4-5H,6,14H2,1-3H3,(H,16,18). The van der Waals surface area contributed by atoms with Crippen molar-refractivity contribution in [2.24, 2.45) is 5.84 Å². The van der Waals surface area contributed by atoms with Crippen molar-refractivity contribution in [1.82, 2.24) is 15.0 Å². The molecule has 2 heterocycles. The maximum absolute atomic E-state index is 11.9. The van der Waals surface area contributed by atoms with E-state index in [1.807, 2.05) is 19.9 Å². The van der Waals surface area contributed by atoms with Gasteiger partial charge in [0.2, 0.25) is 0 Å². The Morgan fingerprint density at radius 3 is 2.70 bits per heavy atom. The minimum Gasteiger partial charge on any atom is -0.292 e. The van der Waals surface area contributed by atoms with E-state index in [9.17, 15) is 9.59 Å². The number of nitrogens with two attached hydrogens (primary N) is 1. The van der Waals surface area contributed by atoms with Crippen LogP contribution in [0.2, 0.25) is 0 Å². The number of carbonyl (C=O) groups excluding carboxylic acids is 1. The van der Waals surface area contributed by atoms with Gasteiger partial charge in [0.05, 0.1) is 11.4 Å². The van der Waals surface area contributed by atoms with Gasteiger partial charge in [0.1, 0.15) is 0 Å². The van der Waals surface area contributed by atoms with Gasteiger partial charge < -0.3 is 0 Å². The predicted octanol–water partition coefficient (Wildman–Crippen LogP) is 0.882. The molecule has 0 aliphatic carbocycles. The van der Waals surface area contributed by atoms with Crippen molar-refractivity contribution in [3.8, 4) is 0 Å². The van der Waals surface area contributed by atoms with Crippen LogP contribution in [0.15, 0.2) is 16.9 Å². The molecule has 2 rings (SSSR count). The van der Waals surface area contributed by atoms with Crippen molar-refractivity contribution in [2.45, 2.75) is 27.3 Å². The molecule has 2 aromatic heterocycles. The van der Waals surface area contributed by atoms with E-state index in [4.69, 9.17) is 5.84 Å². The lowest BCUT2D eigenvalue weighted by molar-refractivity contribution is 0.0957. The second-order valence-electron chi connectivity index (χ2n) is 4.57. The molecule has 106 valence electrons. The molecule has 1 amide bonds. The summed E-state index contributed by atoms with van der Waals surface area (Å²) >= 11 is 1.35. The summed E-state index contributed by atoms with van der Waals surface area (Å²) < 4.78 is 1.59. The van der Waals surface area contributed by atoms with E-state index < -0.39 is 0 Å². The van der Waals surface area contributed by atoms with Gasteiger partial charge in [-0.15, -0.1) is 11.3 Å². The maximum Gasteiger partial charge on any atom is 0.348 e. The van der Waals surface area contributed by atoms with Crippen molar-refractivity contribution in [1.29, 1.82) is 0 Å². The molecule has 2 aromatic rings. The van der Waals surface area contributed by atoms with Crippen LogP contribution in [0.3, 0.4) is 0 Å². The molecule has 0 spiro atoms. The lowest BCUT2D eigenvalue weighted by Gasteiger charge is -2.09. The van der Waals surface area contributed by atoms with Crippen molar-refractivity contribution in [2.75, 3.05) is 0 Å². The van der Waals surface area contributed by atoms with Crippen LogP contribution < -0.4 is 17.0 Å². The van der Waals surface area contributed by atoms with Gasteiger partial charge in [0, 0.05) is 16.3 Å². The van der Waals surface area contributed by atoms with Crippen LogP contribution in [-0.2, 0) is 6.54 Å². The molecule has 0 fully saturated rings. The highest BCUT2D eigenvalue weighted by Crippen LogP contribution is 2.22. The fourth-order valence-electron chi connectivity index (χ4n) is 2.00. The van der Waals surface area contributed by atoms with E-state index in [0.717, 1.165) is 16.1 Å². The van der Waals surface area contributed by atoms with Crippen molar-refractivity contribution < 1.29 is 4.79 Å². The van der Waals surface area contributed by atoms with Gasteiger partial charge in [-0.3, -0.25) is 14.8 Å². The summed E-state index contributed by atoms with van der Waals surface area (Å²) in [6.45, 7) is 5.97. The number of nitrogen functional groups attached to an aromatic ring is 1. The van der Waals surface area contributed by atoms with Crippen LogP contribution in [-0.4, -0.2) is 15.5 Å². The number of nitrogens with one attached hydrogen (secondary N) is 1. The quantitative estimate of drug-likeness (QED) is 0.499. The second-order valence-corrected chi connectivity index (χ2v) is 5.83. The molecule has 0 aliphatic rings. The highest BCUT2D eigenvalue weighted by atomic mass is 32.1. The van der Waals surface area contributed by atoms with Gasteiger partial charge in [-0.1, -0.05) is 0 Å². The first kappa shape index (κ1) is 14.4. The first-order valence-corrected chi connectivity index (χ1v) is 6.89. The third-order valence-electron chi connectivity index (χ3n) is 3.05. The molecule has 0 bridgehead atoms. The van der Waals surface area contributed by atoms with Gasteiger partial charge in [-0.2, -0.15) is 4.98 Å². The summed E-state index contributed by atoms with van der Waals surface area (Å²) in [5, 5.41) is 0. The predicted molar refractivity (Wildman–Crippen MR) is 77.8 cm³/mol. The Morgan fingerprint density at radius 1 is 1.40 bits per heavy atom. The van der Waals surface area contributed by atoms with Crippen LogP contribution in [0.1, 0.15) is 31.5 Å². The first-order valence-electron chi connectivity index (χ1n) is 6.07. The molecule has 3 N–H and O–H groups in total. The fraction of sp³-hybridized carbons (Fsp3) is 0.308. The molecule has 0 saturated carbocycles. The number of hydrazine groups is 1. The molecule has 0 unspecified atom stereocenters. The topological polar surface area (TPSA) is 90.0 Å². The van der Waals surface area contributed by atoms with Crippen molar-refractivity contribution in [3.05, 3.63) is 49.3 Å². The van der Waals surface area contributed by atoms with Crippen molar-refractivity contribution in [3.63, 3.8) is 0 Å². The third-order valence-corrected chi connectivity index (χ3v) is 4.14. The van der Waals surface area contributed by atoms with Crippen LogP contribution in [0.25, 0.3) is 0 Å². The van der Waals surface area contributed by atoms with Gasteiger partial charge in [0.25, 0.3) is 5.91 Å². The van der Waals surface area contributed by atoms with Crippen LogP contribution >= 0.6 is 11.3 Å². The molecule has 0 atom stereocenters. The molecule has 7 heteroatoms. The number of hydrogen-bond acceptors (Lipinski definition) is 5. The van der Waals surface area contributed by atoms with E-state index in [2.05, 4.69) is 10.4 Å². The number of rotatable bonds is 3. The summed E-state index contributed by atoms with van der Waals surface area (Å²) in [6.07, 6.45) is 0. The van der Waals surface area contributed by atoms with Gasteiger partial charge in [-0.05, 0) is 38.5 Å². The summed E-state index contributed by atoms with van der Waals surface area (Å²) in [5.41, 5.74) is 4.30. The fourth-order valence-corrected chi connectivity index (χ4v) is 2.93. The molecular formula is C13H16N4O2S. The molecule has 20 heavy (non-hydrogen) atoms. The number of aryl methyl sites for hydroxylation is 3. The van der Waals surface area contributed by atoms with E-state index >= 15 is 0 Å².